The van der Waals surface area contributed by atoms with Gasteiger partial charge in [0.2, 0.25) is 0 Å². The molecule has 172 valence electrons. The van der Waals surface area contributed by atoms with Crippen LogP contribution in [0, 0.1) is 0 Å². The minimum absolute atomic E-state index is 0.00260. The number of hydrogen-bond donors (Lipinski definition) is 1. The van der Waals surface area contributed by atoms with Crippen molar-refractivity contribution in [3.63, 3.8) is 0 Å². The molecule has 0 saturated heterocycles. The standard InChI is InChI=1S/C21H36N4O3SSi2/c1-20(2,3)30(7,8)27-15-12-11-14(18-17(15)24-19(26)29-18)16(13-23-25-22)28-31(9,10)21(4,5)6/h11-12,16H,13H2,1-10H3,(H,24,26)/t16-/m0/s1. The van der Waals surface area contributed by atoms with Gasteiger partial charge < -0.3 is 13.8 Å². The molecule has 1 heterocycles. The summed E-state index contributed by atoms with van der Waals surface area (Å²) in [6.45, 7) is 21.9. The summed E-state index contributed by atoms with van der Waals surface area (Å²) in [5.74, 6) is 0.693. The zero-order valence-electron chi connectivity index (χ0n) is 20.4. The fraction of sp³-hybridized carbons (Fsp3) is 0.667. The van der Waals surface area contributed by atoms with Gasteiger partial charge in [-0.1, -0.05) is 64.1 Å². The summed E-state index contributed by atoms with van der Waals surface area (Å²) in [7, 11) is -4.24. The highest BCUT2D eigenvalue weighted by molar-refractivity contribution is 7.16. The van der Waals surface area contributed by atoms with E-state index >= 15 is 0 Å². The van der Waals surface area contributed by atoms with Gasteiger partial charge in [-0.05, 0) is 53.4 Å². The molecule has 1 aromatic heterocycles. The zero-order valence-corrected chi connectivity index (χ0v) is 23.2. The molecule has 0 spiro atoms. The number of thiazole rings is 1. The maximum atomic E-state index is 12.3. The van der Waals surface area contributed by atoms with Crippen LogP contribution in [0.5, 0.6) is 5.75 Å². The SMILES string of the molecule is CC(C)(C)[Si](C)(C)Oc1ccc([C@H](CN=[N+]=[N-])O[Si](C)(C)C(C)(C)C)c2sc(=O)[nH]c12. The second-order valence-corrected chi connectivity index (χ2v) is 21.5. The summed E-state index contributed by atoms with van der Waals surface area (Å²) in [5, 5.41) is 3.84. The van der Waals surface area contributed by atoms with Gasteiger partial charge in [0.05, 0.1) is 17.3 Å². The molecule has 0 aliphatic heterocycles. The highest BCUT2D eigenvalue weighted by Gasteiger charge is 2.41. The van der Waals surface area contributed by atoms with Crippen LogP contribution in [0.15, 0.2) is 22.0 Å². The van der Waals surface area contributed by atoms with E-state index in [-0.39, 0.29) is 21.5 Å². The average Bonchev–Trinajstić information content (AvgIpc) is 2.98. The van der Waals surface area contributed by atoms with Crippen molar-refractivity contribution in [1.29, 1.82) is 0 Å². The molecule has 1 N–H and O–H groups in total. The lowest BCUT2D eigenvalue weighted by atomic mass is 10.1. The summed E-state index contributed by atoms with van der Waals surface area (Å²) >= 11 is 1.15. The Morgan fingerprint density at radius 2 is 1.68 bits per heavy atom. The van der Waals surface area contributed by atoms with Crippen molar-refractivity contribution in [3.8, 4) is 5.75 Å². The van der Waals surface area contributed by atoms with Crippen LogP contribution in [-0.2, 0) is 4.43 Å². The molecule has 0 unspecified atom stereocenters. The first-order valence-electron chi connectivity index (χ1n) is 10.5. The maximum Gasteiger partial charge on any atom is 0.305 e. The van der Waals surface area contributed by atoms with Crippen LogP contribution in [0.4, 0.5) is 0 Å². The fourth-order valence-corrected chi connectivity index (χ4v) is 5.84. The van der Waals surface area contributed by atoms with Crippen molar-refractivity contribution in [1.82, 2.24) is 4.98 Å². The van der Waals surface area contributed by atoms with E-state index in [1.807, 2.05) is 12.1 Å². The molecule has 0 radical (unpaired) electrons. The molecule has 2 aromatic rings. The first-order valence-corrected chi connectivity index (χ1v) is 17.2. The Bertz CT molecular complexity index is 1040. The van der Waals surface area contributed by atoms with Crippen molar-refractivity contribution in [2.45, 2.75) is 83.9 Å². The van der Waals surface area contributed by atoms with Crippen molar-refractivity contribution in [2.75, 3.05) is 6.54 Å². The Labute approximate surface area is 191 Å². The topological polar surface area (TPSA) is 100 Å². The molecule has 0 amide bonds. The highest BCUT2D eigenvalue weighted by atomic mass is 32.1. The van der Waals surface area contributed by atoms with Gasteiger partial charge in [0.1, 0.15) is 11.3 Å². The largest absolute Gasteiger partial charge is 0.542 e. The van der Waals surface area contributed by atoms with Gasteiger partial charge in [0, 0.05) is 4.91 Å². The molecule has 1 atom stereocenters. The molecular weight excluding hydrogens is 444 g/mol. The summed E-state index contributed by atoms with van der Waals surface area (Å²) in [6.07, 6.45) is -0.423. The van der Waals surface area contributed by atoms with E-state index in [0.29, 0.717) is 11.3 Å². The second-order valence-electron chi connectivity index (χ2n) is 11.0. The Morgan fingerprint density at radius 1 is 1.10 bits per heavy atom. The van der Waals surface area contributed by atoms with E-state index in [2.05, 4.69) is 82.7 Å². The molecule has 7 nitrogen and oxygen atoms in total. The lowest BCUT2D eigenvalue weighted by Crippen LogP contribution is -2.44. The van der Waals surface area contributed by atoms with Gasteiger partial charge in [-0.15, -0.1) is 0 Å². The van der Waals surface area contributed by atoms with Gasteiger partial charge in [-0.25, -0.2) is 0 Å². The Morgan fingerprint density at radius 3 is 2.19 bits per heavy atom. The predicted octanol–water partition coefficient (Wildman–Crippen LogP) is 7.35. The first-order chi connectivity index (χ1) is 14.0. The summed E-state index contributed by atoms with van der Waals surface area (Å²) < 4.78 is 14.0. The van der Waals surface area contributed by atoms with E-state index in [1.54, 1.807) is 0 Å². The van der Waals surface area contributed by atoms with E-state index in [9.17, 15) is 4.79 Å². The molecular formula is C21H36N4O3SSi2. The molecule has 0 fully saturated rings. The molecule has 1 aromatic carbocycles. The van der Waals surface area contributed by atoms with Gasteiger partial charge in [-0.2, -0.15) is 0 Å². The number of aromatic amines is 1. The summed E-state index contributed by atoms with van der Waals surface area (Å²) in [5.41, 5.74) is 10.5. The van der Waals surface area contributed by atoms with Crippen LogP contribution in [0.1, 0.15) is 53.2 Å². The Hall–Kier alpha value is -1.59. The van der Waals surface area contributed by atoms with Crippen LogP contribution in [0.2, 0.25) is 36.3 Å². The van der Waals surface area contributed by atoms with Crippen molar-refractivity contribution in [2.24, 2.45) is 5.11 Å². The van der Waals surface area contributed by atoms with E-state index in [4.69, 9.17) is 14.4 Å². The van der Waals surface area contributed by atoms with Crippen LogP contribution < -0.4 is 9.30 Å². The molecule has 0 aliphatic rings. The third-order valence-corrected chi connectivity index (χ3v) is 16.4. The minimum Gasteiger partial charge on any atom is -0.542 e. The predicted molar refractivity (Wildman–Crippen MR) is 135 cm³/mol. The smallest absolute Gasteiger partial charge is 0.305 e. The van der Waals surface area contributed by atoms with Crippen LogP contribution >= 0.6 is 11.3 Å². The summed E-state index contributed by atoms with van der Waals surface area (Å²) in [4.78, 5) is 18.1. The average molecular weight is 481 g/mol. The Balaban J connectivity index is 2.61. The lowest BCUT2D eigenvalue weighted by Gasteiger charge is -2.39. The Kier molecular flexibility index (Phi) is 7.24. The van der Waals surface area contributed by atoms with E-state index < -0.39 is 22.7 Å². The number of nitrogens with zero attached hydrogens (tertiary/aromatic N) is 3. The van der Waals surface area contributed by atoms with Crippen LogP contribution in [-0.4, -0.2) is 28.2 Å². The van der Waals surface area contributed by atoms with Gasteiger partial charge in [0.25, 0.3) is 8.32 Å². The van der Waals surface area contributed by atoms with Gasteiger partial charge >= 0.3 is 4.87 Å². The molecule has 10 heteroatoms. The van der Waals surface area contributed by atoms with Crippen LogP contribution in [0.25, 0.3) is 20.7 Å². The number of rotatable bonds is 7. The second kappa shape index (κ2) is 8.75. The number of fused-ring (bicyclic) bond motifs is 1. The molecule has 0 aliphatic carbocycles. The van der Waals surface area contributed by atoms with Crippen molar-refractivity contribution in [3.05, 3.63) is 37.8 Å². The number of hydrogen-bond acceptors (Lipinski definition) is 5. The first kappa shape index (κ1) is 25.7. The zero-order chi connectivity index (χ0) is 23.8. The van der Waals surface area contributed by atoms with Gasteiger partial charge in [0.15, 0.2) is 8.32 Å². The number of aromatic nitrogens is 1. The van der Waals surface area contributed by atoms with Crippen molar-refractivity contribution < 1.29 is 8.85 Å². The van der Waals surface area contributed by atoms with E-state index in [1.165, 1.54) is 0 Å². The maximum absolute atomic E-state index is 12.3. The number of H-pyrrole nitrogens is 1. The third kappa shape index (κ3) is 5.62. The number of nitrogens with one attached hydrogen (secondary N) is 1. The third-order valence-electron chi connectivity index (χ3n) is 6.64. The monoisotopic (exact) mass is 480 g/mol. The molecule has 0 saturated carbocycles. The van der Waals surface area contributed by atoms with Gasteiger partial charge in [-0.3, -0.25) is 4.79 Å². The molecule has 2 rings (SSSR count). The molecule has 0 bridgehead atoms. The molecule has 31 heavy (non-hydrogen) atoms. The lowest BCUT2D eigenvalue weighted by molar-refractivity contribution is 0.193. The quantitative estimate of drug-likeness (QED) is 0.194. The minimum atomic E-state index is -2.15. The van der Waals surface area contributed by atoms with E-state index in [0.717, 1.165) is 21.6 Å². The number of azide groups is 1. The normalized spacial score (nSPS) is 14.4. The number of benzene rings is 1. The summed E-state index contributed by atoms with van der Waals surface area (Å²) in [6, 6.07) is 3.87. The van der Waals surface area contributed by atoms with Crippen LogP contribution in [0.3, 0.4) is 0 Å². The highest BCUT2D eigenvalue weighted by Crippen LogP contribution is 2.43. The fourth-order valence-electron chi connectivity index (χ4n) is 2.64. The van der Waals surface area contributed by atoms with Crippen molar-refractivity contribution >= 4 is 38.2 Å².